The Morgan fingerprint density at radius 1 is 1.00 bits per heavy atom. The van der Waals surface area contributed by atoms with E-state index in [9.17, 15) is 13.6 Å². The summed E-state index contributed by atoms with van der Waals surface area (Å²) in [5.41, 5.74) is 3.68. The van der Waals surface area contributed by atoms with Gasteiger partial charge in [0.2, 0.25) is 0 Å². The first-order valence-electron chi connectivity index (χ1n) is 11.3. The van der Waals surface area contributed by atoms with Crippen LogP contribution in [0.3, 0.4) is 0 Å². The number of carbonyl (C=O) groups excluding carboxylic acids is 1. The van der Waals surface area contributed by atoms with Gasteiger partial charge >= 0.3 is 0 Å². The lowest BCUT2D eigenvalue weighted by atomic mass is 10.1. The number of hydrogen-bond donors (Lipinski definition) is 0. The zero-order valence-corrected chi connectivity index (χ0v) is 18.9. The number of hydrogen-bond acceptors (Lipinski definition) is 4. The Morgan fingerprint density at radius 3 is 2.47 bits per heavy atom. The maximum Gasteiger partial charge on any atom is 0.280 e. The molecule has 3 heterocycles. The van der Waals surface area contributed by atoms with Crippen LogP contribution in [0.15, 0.2) is 66.9 Å². The van der Waals surface area contributed by atoms with Crippen molar-refractivity contribution in [2.24, 2.45) is 0 Å². The van der Waals surface area contributed by atoms with Crippen molar-refractivity contribution >= 4 is 11.6 Å². The fraction of sp³-hybridized carbons (Fsp3) is 0.269. The Morgan fingerprint density at radius 2 is 1.76 bits per heavy atom. The number of carbonyl (C=O) groups is 1. The molecule has 0 N–H and O–H groups in total. The molecule has 2 aromatic carbocycles. The van der Waals surface area contributed by atoms with Crippen LogP contribution in [0.1, 0.15) is 33.6 Å². The lowest BCUT2D eigenvalue weighted by Gasteiger charge is -2.34. The highest BCUT2D eigenvalue weighted by molar-refractivity contribution is 6.00. The summed E-state index contributed by atoms with van der Waals surface area (Å²) in [6, 6.07) is 18.9. The fourth-order valence-corrected chi connectivity index (χ4v) is 4.40. The van der Waals surface area contributed by atoms with Crippen molar-refractivity contribution in [2.45, 2.75) is 19.9 Å². The van der Waals surface area contributed by atoms with Gasteiger partial charge in [-0.2, -0.15) is 5.10 Å². The molecule has 0 bridgehead atoms. The maximum absolute atomic E-state index is 13.8. The monoisotopic (exact) mass is 461 g/mol. The smallest absolute Gasteiger partial charge is 0.280 e. The molecule has 0 saturated carbocycles. The summed E-state index contributed by atoms with van der Waals surface area (Å²) in [6.45, 7) is 5.51. The molecule has 0 radical (unpaired) electrons. The molecule has 1 amide bonds. The molecule has 8 heteroatoms. The topological polar surface area (TPSA) is 53.7 Å². The number of halogens is 2. The van der Waals surface area contributed by atoms with Crippen LogP contribution in [0, 0.1) is 6.92 Å². The van der Waals surface area contributed by atoms with Crippen LogP contribution in [0.25, 0.3) is 16.9 Å². The zero-order chi connectivity index (χ0) is 23.7. The second kappa shape index (κ2) is 9.30. The standard InChI is InChI=1S/C26H25F2N5O/c1-18-6-5-7-19(14-18)17-31-10-12-32(13-11-31)26(34)21-16-29-33-23(24(27)28)15-22(30-25(21)33)20-8-3-2-4-9-20/h2-9,14-16,24H,10-13,17H2,1H3. The van der Waals surface area contributed by atoms with Gasteiger partial charge in [0.25, 0.3) is 12.3 Å². The second-order valence-electron chi connectivity index (χ2n) is 8.58. The predicted octanol–water partition coefficient (Wildman–Crippen LogP) is 4.60. The molecular weight excluding hydrogens is 436 g/mol. The average molecular weight is 462 g/mol. The summed E-state index contributed by atoms with van der Waals surface area (Å²) < 4.78 is 28.7. The van der Waals surface area contributed by atoms with Gasteiger partial charge in [0.05, 0.1) is 11.9 Å². The number of benzene rings is 2. The lowest BCUT2D eigenvalue weighted by Crippen LogP contribution is -2.48. The van der Waals surface area contributed by atoms with Gasteiger partial charge in [0, 0.05) is 38.3 Å². The normalized spacial score (nSPS) is 14.8. The van der Waals surface area contributed by atoms with Gasteiger partial charge in [0.15, 0.2) is 5.65 Å². The van der Waals surface area contributed by atoms with E-state index in [-0.39, 0.29) is 22.8 Å². The summed E-state index contributed by atoms with van der Waals surface area (Å²) >= 11 is 0. The number of nitrogens with zero attached hydrogens (tertiary/aromatic N) is 5. The van der Waals surface area contributed by atoms with Gasteiger partial charge < -0.3 is 4.90 Å². The Hall–Kier alpha value is -3.65. The molecule has 5 rings (SSSR count). The molecular formula is C26H25F2N5O. The van der Waals surface area contributed by atoms with E-state index >= 15 is 0 Å². The molecule has 6 nitrogen and oxygen atoms in total. The molecule has 2 aromatic heterocycles. The Balaban J connectivity index is 1.38. The zero-order valence-electron chi connectivity index (χ0n) is 18.9. The molecule has 1 saturated heterocycles. The number of aromatic nitrogens is 3. The van der Waals surface area contributed by atoms with E-state index in [2.05, 4.69) is 46.2 Å². The molecule has 0 unspecified atom stereocenters. The Kier molecular flexibility index (Phi) is 6.06. The third kappa shape index (κ3) is 4.41. The van der Waals surface area contributed by atoms with Gasteiger partial charge in [-0.15, -0.1) is 0 Å². The minimum Gasteiger partial charge on any atom is -0.336 e. The first-order valence-corrected chi connectivity index (χ1v) is 11.3. The molecule has 1 aliphatic heterocycles. The minimum absolute atomic E-state index is 0.156. The number of fused-ring (bicyclic) bond motifs is 1. The van der Waals surface area contributed by atoms with E-state index in [1.54, 1.807) is 17.0 Å². The largest absolute Gasteiger partial charge is 0.336 e. The van der Waals surface area contributed by atoms with Crippen LogP contribution in [0.5, 0.6) is 0 Å². The summed E-state index contributed by atoms with van der Waals surface area (Å²) in [4.78, 5) is 22.0. The second-order valence-corrected chi connectivity index (χ2v) is 8.58. The quantitative estimate of drug-likeness (QED) is 0.436. The third-order valence-electron chi connectivity index (χ3n) is 6.17. The number of aryl methyl sites for hydroxylation is 1. The van der Waals surface area contributed by atoms with Gasteiger partial charge in [-0.05, 0) is 18.6 Å². The molecule has 0 atom stereocenters. The van der Waals surface area contributed by atoms with Gasteiger partial charge in [0.1, 0.15) is 11.3 Å². The molecule has 4 aromatic rings. The van der Waals surface area contributed by atoms with E-state index in [0.717, 1.165) is 24.1 Å². The molecule has 0 spiro atoms. The third-order valence-corrected chi connectivity index (χ3v) is 6.17. The average Bonchev–Trinajstić information content (AvgIpc) is 3.28. The van der Waals surface area contributed by atoms with Crippen LogP contribution in [0.2, 0.25) is 0 Å². The minimum atomic E-state index is -2.75. The van der Waals surface area contributed by atoms with Crippen molar-refractivity contribution in [3.8, 4) is 11.3 Å². The van der Waals surface area contributed by atoms with E-state index in [0.29, 0.717) is 24.3 Å². The van der Waals surface area contributed by atoms with E-state index in [1.807, 2.05) is 18.2 Å². The summed E-state index contributed by atoms with van der Waals surface area (Å²) in [6.07, 6.45) is -1.40. The molecule has 1 fully saturated rings. The predicted molar refractivity (Wildman–Crippen MR) is 126 cm³/mol. The van der Waals surface area contributed by atoms with Crippen molar-refractivity contribution in [1.82, 2.24) is 24.4 Å². The van der Waals surface area contributed by atoms with Crippen LogP contribution in [0.4, 0.5) is 8.78 Å². The number of rotatable bonds is 5. The van der Waals surface area contributed by atoms with E-state index in [4.69, 9.17) is 0 Å². The van der Waals surface area contributed by atoms with Crippen molar-refractivity contribution in [3.05, 3.63) is 89.2 Å². The number of alkyl halides is 2. The molecule has 174 valence electrons. The highest BCUT2D eigenvalue weighted by Gasteiger charge is 2.27. The van der Waals surface area contributed by atoms with Crippen LogP contribution in [-0.2, 0) is 6.54 Å². The van der Waals surface area contributed by atoms with Crippen molar-refractivity contribution in [2.75, 3.05) is 26.2 Å². The van der Waals surface area contributed by atoms with Crippen molar-refractivity contribution in [1.29, 1.82) is 0 Å². The molecule has 1 aliphatic rings. The SMILES string of the molecule is Cc1cccc(CN2CCN(C(=O)c3cnn4c(C(F)F)cc(-c5ccccc5)nc34)CC2)c1. The number of amides is 1. The maximum atomic E-state index is 13.8. The van der Waals surface area contributed by atoms with Crippen LogP contribution >= 0.6 is 0 Å². The summed E-state index contributed by atoms with van der Waals surface area (Å²) in [5.74, 6) is -0.233. The number of piperazine rings is 1. The molecule has 34 heavy (non-hydrogen) atoms. The Bertz CT molecular complexity index is 1310. The highest BCUT2D eigenvalue weighted by Crippen LogP contribution is 2.27. The van der Waals surface area contributed by atoms with E-state index in [1.165, 1.54) is 23.4 Å². The van der Waals surface area contributed by atoms with Crippen LogP contribution in [-0.4, -0.2) is 56.5 Å². The Labute approximate surface area is 196 Å². The summed E-state index contributed by atoms with van der Waals surface area (Å²) in [7, 11) is 0. The fourth-order valence-electron chi connectivity index (χ4n) is 4.40. The van der Waals surface area contributed by atoms with Crippen molar-refractivity contribution < 1.29 is 13.6 Å². The van der Waals surface area contributed by atoms with Gasteiger partial charge in [-0.3, -0.25) is 9.69 Å². The first-order chi connectivity index (χ1) is 16.5. The molecule has 0 aliphatic carbocycles. The highest BCUT2D eigenvalue weighted by atomic mass is 19.3. The lowest BCUT2D eigenvalue weighted by molar-refractivity contribution is 0.0630. The van der Waals surface area contributed by atoms with Crippen LogP contribution < -0.4 is 0 Å². The van der Waals surface area contributed by atoms with Gasteiger partial charge in [-0.25, -0.2) is 18.3 Å². The van der Waals surface area contributed by atoms with Gasteiger partial charge in [-0.1, -0.05) is 60.2 Å². The van der Waals surface area contributed by atoms with Crippen molar-refractivity contribution in [3.63, 3.8) is 0 Å². The summed E-state index contributed by atoms with van der Waals surface area (Å²) in [5, 5.41) is 4.09. The first kappa shape index (κ1) is 22.2. The van der Waals surface area contributed by atoms with E-state index < -0.39 is 6.43 Å².